The molecule has 0 aliphatic carbocycles. The van der Waals surface area contributed by atoms with Gasteiger partial charge in [-0.25, -0.2) is 10.2 Å². The van der Waals surface area contributed by atoms with E-state index in [1.54, 1.807) is 27.0 Å². The van der Waals surface area contributed by atoms with Crippen molar-refractivity contribution in [1.82, 2.24) is 10.4 Å². The molecule has 0 unspecified atom stereocenters. The molecule has 1 rings (SSSR count). The fourth-order valence-corrected chi connectivity index (χ4v) is 1.26. The van der Waals surface area contributed by atoms with Gasteiger partial charge in [0.15, 0.2) is 0 Å². The summed E-state index contributed by atoms with van der Waals surface area (Å²) in [5.41, 5.74) is 3.30. The lowest BCUT2D eigenvalue weighted by Gasteiger charge is -2.18. The first-order valence-corrected chi connectivity index (χ1v) is 5.89. The summed E-state index contributed by atoms with van der Waals surface area (Å²) in [4.78, 5) is 15.6. The van der Waals surface area contributed by atoms with Crippen LogP contribution >= 0.6 is 0 Å². The van der Waals surface area contributed by atoms with E-state index < -0.39 is 11.7 Å². The lowest BCUT2D eigenvalue weighted by Crippen LogP contribution is -2.30. The molecule has 1 heterocycles. The Morgan fingerprint density at radius 2 is 2.17 bits per heavy atom. The molecule has 0 spiro atoms. The highest BCUT2D eigenvalue weighted by Gasteiger charge is 2.15. The summed E-state index contributed by atoms with van der Waals surface area (Å²) in [7, 11) is 0. The van der Waals surface area contributed by atoms with E-state index in [9.17, 15) is 4.79 Å². The van der Waals surface area contributed by atoms with E-state index in [4.69, 9.17) is 4.74 Å². The van der Waals surface area contributed by atoms with Crippen molar-refractivity contribution in [2.75, 3.05) is 0 Å². The number of aromatic nitrogens is 1. The lowest BCUT2D eigenvalue weighted by molar-refractivity contribution is 0.0529. The third-order valence-electron chi connectivity index (χ3n) is 1.98. The fraction of sp³-hybridized carbons (Fsp3) is 0.462. The Kier molecular flexibility index (Phi) is 4.83. The zero-order valence-corrected chi connectivity index (χ0v) is 11.2. The minimum absolute atomic E-state index is 0.531. The van der Waals surface area contributed by atoms with Crippen LogP contribution in [0.2, 0.25) is 0 Å². The number of carbonyl (C=O) groups is 1. The van der Waals surface area contributed by atoms with Crippen LogP contribution in [0.4, 0.5) is 4.79 Å². The van der Waals surface area contributed by atoms with E-state index >= 15 is 0 Å². The maximum atomic E-state index is 11.4. The van der Waals surface area contributed by atoms with Crippen molar-refractivity contribution in [2.24, 2.45) is 5.10 Å². The van der Waals surface area contributed by atoms with Gasteiger partial charge in [-0.15, -0.1) is 0 Å². The standard InChI is InChI=1S/C13H19N3O2/c1-5-10(11-8-6-7-9-14-11)15-16-12(17)18-13(2,3)4/h6-9H,5H2,1-4H3,(H,16,17)/b15-10-. The van der Waals surface area contributed by atoms with Gasteiger partial charge in [-0.3, -0.25) is 4.98 Å². The summed E-state index contributed by atoms with van der Waals surface area (Å²) >= 11 is 0. The third-order valence-corrected chi connectivity index (χ3v) is 1.98. The summed E-state index contributed by atoms with van der Waals surface area (Å²) in [6, 6.07) is 5.55. The number of amides is 1. The first-order chi connectivity index (χ1) is 8.42. The summed E-state index contributed by atoms with van der Waals surface area (Å²) < 4.78 is 5.09. The summed E-state index contributed by atoms with van der Waals surface area (Å²) in [6.45, 7) is 7.35. The number of nitrogens with one attached hydrogen (secondary N) is 1. The molecule has 0 saturated carbocycles. The number of ether oxygens (including phenoxy) is 1. The van der Waals surface area contributed by atoms with Crippen LogP contribution < -0.4 is 5.43 Å². The van der Waals surface area contributed by atoms with Crippen molar-refractivity contribution < 1.29 is 9.53 Å². The number of rotatable bonds is 3. The van der Waals surface area contributed by atoms with Crippen LogP contribution in [0.1, 0.15) is 39.8 Å². The molecular weight excluding hydrogens is 230 g/mol. The van der Waals surface area contributed by atoms with Gasteiger partial charge < -0.3 is 4.74 Å². The van der Waals surface area contributed by atoms with Crippen molar-refractivity contribution in [3.8, 4) is 0 Å². The second kappa shape index (κ2) is 6.14. The molecule has 1 amide bonds. The molecule has 0 aromatic carbocycles. The van der Waals surface area contributed by atoms with Gasteiger partial charge in [0.05, 0.1) is 11.4 Å². The molecule has 0 atom stereocenters. The molecule has 0 saturated heterocycles. The van der Waals surface area contributed by atoms with Gasteiger partial charge in [-0.1, -0.05) is 13.0 Å². The molecule has 98 valence electrons. The second-order valence-corrected chi connectivity index (χ2v) is 4.74. The highest BCUT2D eigenvalue weighted by Crippen LogP contribution is 2.06. The zero-order chi connectivity index (χ0) is 13.6. The van der Waals surface area contributed by atoms with Crippen molar-refractivity contribution in [3.63, 3.8) is 0 Å². The van der Waals surface area contributed by atoms with Crippen LogP contribution in [0, 0.1) is 0 Å². The van der Waals surface area contributed by atoms with Crippen LogP contribution in [0.15, 0.2) is 29.5 Å². The maximum Gasteiger partial charge on any atom is 0.428 e. The molecule has 0 bridgehead atoms. The van der Waals surface area contributed by atoms with E-state index in [2.05, 4.69) is 15.5 Å². The lowest BCUT2D eigenvalue weighted by atomic mass is 10.2. The highest BCUT2D eigenvalue weighted by atomic mass is 16.6. The normalized spacial score (nSPS) is 12.1. The van der Waals surface area contributed by atoms with E-state index in [0.29, 0.717) is 12.1 Å². The van der Waals surface area contributed by atoms with Crippen molar-refractivity contribution in [1.29, 1.82) is 0 Å². The minimum atomic E-state index is -0.565. The first kappa shape index (κ1) is 14.2. The topological polar surface area (TPSA) is 63.6 Å². The number of hydrazone groups is 1. The minimum Gasteiger partial charge on any atom is -0.443 e. The Labute approximate surface area is 107 Å². The Morgan fingerprint density at radius 1 is 1.44 bits per heavy atom. The second-order valence-electron chi connectivity index (χ2n) is 4.74. The van der Waals surface area contributed by atoms with Crippen LogP contribution in [-0.4, -0.2) is 22.4 Å². The molecule has 18 heavy (non-hydrogen) atoms. The molecule has 1 aromatic rings. The van der Waals surface area contributed by atoms with Gasteiger partial charge >= 0.3 is 6.09 Å². The molecule has 5 heteroatoms. The van der Waals surface area contributed by atoms with Gasteiger partial charge in [0.2, 0.25) is 0 Å². The molecule has 1 aromatic heterocycles. The largest absolute Gasteiger partial charge is 0.443 e. The van der Waals surface area contributed by atoms with Gasteiger partial charge in [-0.05, 0) is 39.3 Å². The predicted molar refractivity (Wildman–Crippen MR) is 70.4 cm³/mol. The van der Waals surface area contributed by atoms with Crippen LogP contribution in [-0.2, 0) is 4.74 Å². The maximum absolute atomic E-state index is 11.4. The van der Waals surface area contributed by atoms with Gasteiger partial charge in [0.25, 0.3) is 0 Å². The van der Waals surface area contributed by atoms with E-state index in [1.807, 2.05) is 25.1 Å². The number of nitrogens with zero attached hydrogens (tertiary/aromatic N) is 2. The molecule has 0 fully saturated rings. The predicted octanol–water partition coefficient (Wildman–Crippen LogP) is 2.72. The highest BCUT2D eigenvalue weighted by molar-refractivity contribution is 5.99. The van der Waals surface area contributed by atoms with Crippen LogP contribution in [0.25, 0.3) is 0 Å². The van der Waals surface area contributed by atoms with Crippen LogP contribution in [0.5, 0.6) is 0 Å². The number of hydrogen-bond donors (Lipinski definition) is 1. The van der Waals surface area contributed by atoms with Crippen molar-refractivity contribution in [3.05, 3.63) is 30.1 Å². The van der Waals surface area contributed by atoms with E-state index in [-0.39, 0.29) is 0 Å². The smallest absolute Gasteiger partial charge is 0.428 e. The number of carbonyl (C=O) groups excluding carboxylic acids is 1. The number of pyridine rings is 1. The SMILES string of the molecule is CC/C(=N/NC(=O)OC(C)(C)C)c1ccccn1. The monoisotopic (exact) mass is 249 g/mol. The first-order valence-electron chi connectivity index (χ1n) is 5.89. The Balaban J connectivity index is 2.67. The average Bonchev–Trinajstić information content (AvgIpc) is 2.29. The Morgan fingerprint density at radius 3 is 2.67 bits per heavy atom. The molecule has 0 radical (unpaired) electrons. The van der Waals surface area contributed by atoms with Gasteiger partial charge in [0.1, 0.15) is 5.60 Å². The molecule has 5 nitrogen and oxygen atoms in total. The quantitative estimate of drug-likeness (QED) is 0.661. The molecule has 0 aliphatic rings. The summed E-state index contributed by atoms with van der Waals surface area (Å²) in [5, 5.41) is 4.03. The zero-order valence-electron chi connectivity index (χ0n) is 11.2. The van der Waals surface area contributed by atoms with Crippen molar-refractivity contribution in [2.45, 2.75) is 39.7 Å². The Bertz CT molecular complexity index is 422. The van der Waals surface area contributed by atoms with Gasteiger partial charge in [-0.2, -0.15) is 5.10 Å². The fourth-order valence-electron chi connectivity index (χ4n) is 1.26. The summed E-state index contributed by atoms with van der Waals surface area (Å²) in [5.74, 6) is 0. The summed E-state index contributed by atoms with van der Waals surface area (Å²) in [6.07, 6.45) is 1.80. The Hall–Kier alpha value is -1.91. The molecule has 0 aliphatic heterocycles. The average molecular weight is 249 g/mol. The third kappa shape index (κ3) is 4.95. The van der Waals surface area contributed by atoms with Gasteiger partial charge in [0, 0.05) is 6.20 Å². The van der Waals surface area contributed by atoms with E-state index in [1.165, 1.54) is 0 Å². The number of hydrogen-bond acceptors (Lipinski definition) is 4. The van der Waals surface area contributed by atoms with Crippen molar-refractivity contribution >= 4 is 11.8 Å². The molecule has 1 N–H and O–H groups in total. The molecular formula is C13H19N3O2. The van der Waals surface area contributed by atoms with E-state index in [0.717, 1.165) is 5.69 Å². The van der Waals surface area contributed by atoms with Crippen LogP contribution in [0.3, 0.4) is 0 Å².